The van der Waals surface area contributed by atoms with Crippen molar-refractivity contribution >= 4 is 17.0 Å². The highest BCUT2D eigenvalue weighted by Gasteiger charge is 2.47. The normalized spacial score (nSPS) is 24.1. The molecule has 4 heterocycles. The van der Waals surface area contributed by atoms with Crippen LogP contribution in [0.15, 0.2) is 4.79 Å². The number of fused-ring (bicyclic) bond motifs is 1. The first kappa shape index (κ1) is 19.9. The summed E-state index contributed by atoms with van der Waals surface area (Å²) >= 11 is 0. The number of anilines is 1. The quantitative estimate of drug-likeness (QED) is 0.579. The standard InChI is InChI=1S/C20H29N7O2/c1-12-15(21)20(11-29-12)7-9-27(10-8-20)18-23-16-14(17(28)26(18)4)13(24-25-16)5-6-19(2,3)22/h12,15H,7-11,21-22H2,1-4H3,(H,24,25)/t12-,15+/m0/s1. The summed E-state index contributed by atoms with van der Waals surface area (Å²) in [5, 5.41) is 7.43. The molecule has 0 bridgehead atoms. The average molecular weight is 399 g/mol. The minimum absolute atomic E-state index is 0.0169. The van der Waals surface area contributed by atoms with Gasteiger partial charge in [0, 0.05) is 31.6 Å². The van der Waals surface area contributed by atoms with Crippen molar-refractivity contribution in [3.63, 3.8) is 0 Å². The molecule has 0 aromatic carbocycles. The van der Waals surface area contributed by atoms with Crippen LogP contribution in [0.2, 0.25) is 0 Å². The number of nitrogens with two attached hydrogens (primary N) is 2. The van der Waals surface area contributed by atoms with Crippen LogP contribution in [0, 0.1) is 17.3 Å². The second kappa shape index (κ2) is 6.83. The molecule has 2 fully saturated rings. The van der Waals surface area contributed by atoms with Gasteiger partial charge in [-0.05, 0) is 39.5 Å². The first-order valence-corrected chi connectivity index (χ1v) is 10.0. The van der Waals surface area contributed by atoms with Gasteiger partial charge in [0.15, 0.2) is 5.65 Å². The maximum absolute atomic E-state index is 13.0. The fraction of sp³-hybridized carbons (Fsp3) is 0.650. The third-order valence-corrected chi connectivity index (χ3v) is 6.17. The van der Waals surface area contributed by atoms with Gasteiger partial charge in [-0.15, -0.1) is 0 Å². The fourth-order valence-corrected chi connectivity index (χ4v) is 4.27. The van der Waals surface area contributed by atoms with E-state index >= 15 is 0 Å². The number of hydrogen-bond acceptors (Lipinski definition) is 7. The minimum Gasteiger partial charge on any atom is -0.376 e. The molecule has 0 saturated carbocycles. The van der Waals surface area contributed by atoms with Gasteiger partial charge in [0.1, 0.15) is 11.1 Å². The van der Waals surface area contributed by atoms with Gasteiger partial charge in [0.25, 0.3) is 5.56 Å². The molecule has 9 heteroatoms. The Labute approximate surface area is 169 Å². The first-order valence-electron chi connectivity index (χ1n) is 10.0. The molecule has 2 aliphatic rings. The van der Waals surface area contributed by atoms with E-state index in [9.17, 15) is 4.79 Å². The Morgan fingerprint density at radius 1 is 1.34 bits per heavy atom. The van der Waals surface area contributed by atoms with E-state index in [4.69, 9.17) is 16.2 Å². The van der Waals surface area contributed by atoms with Crippen LogP contribution in [-0.4, -0.2) is 57.1 Å². The van der Waals surface area contributed by atoms with E-state index in [1.54, 1.807) is 25.5 Å². The summed E-state index contributed by atoms with van der Waals surface area (Å²) in [4.78, 5) is 19.8. The van der Waals surface area contributed by atoms with Crippen molar-refractivity contribution < 1.29 is 4.74 Å². The summed E-state index contributed by atoms with van der Waals surface area (Å²) in [7, 11) is 1.73. The fourth-order valence-electron chi connectivity index (χ4n) is 4.27. The minimum atomic E-state index is -0.665. The molecule has 1 spiro atoms. The lowest BCUT2D eigenvalue weighted by Crippen LogP contribution is -2.51. The molecule has 0 radical (unpaired) electrons. The number of nitrogens with one attached hydrogen (secondary N) is 1. The van der Waals surface area contributed by atoms with Crippen LogP contribution in [0.3, 0.4) is 0 Å². The van der Waals surface area contributed by atoms with Gasteiger partial charge in [-0.2, -0.15) is 10.1 Å². The predicted octanol–water partition coefficient (Wildman–Crippen LogP) is 0.0780. The number of ether oxygens (including phenoxy) is 1. The summed E-state index contributed by atoms with van der Waals surface area (Å²) < 4.78 is 7.37. The van der Waals surface area contributed by atoms with Gasteiger partial charge in [-0.25, -0.2) is 0 Å². The average Bonchev–Trinajstić information content (AvgIpc) is 3.20. The number of rotatable bonds is 1. The summed E-state index contributed by atoms with van der Waals surface area (Å²) in [6, 6.07) is 0.0446. The topological polar surface area (TPSA) is 128 Å². The summed E-state index contributed by atoms with van der Waals surface area (Å²) in [5.41, 5.74) is 12.3. The molecule has 0 aliphatic carbocycles. The van der Waals surface area contributed by atoms with Crippen molar-refractivity contribution in [3.05, 3.63) is 16.0 Å². The third-order valence-electron chi connectivity index (χ3n) is 6.17. The Hall–Kier alpha value is -2.41. The number of H-pyrrole nitrogens is 1. The first-order chi connectivity index (χ1) is 13.6. The summed E-state index contributed by atoms with van der Waals surface area (Å²) in [6.45, 7) is 7.89. The largest absolute Gasteiger partial charge is 0.376 e. The van der Waals surface area contributed by atoms with Crippen molar-refractivity contribution in [2.75, 3.05) is 24.6 Å². The monoisotopic (exact) mass is 399 g/mol. The van der Waals surface area contributed by atoms with Crippen molar-refractivity contribution in [1.82, 2.24) is 19.7 Å². The highest BCUT2D eigenvalue weighted by Crippen LogP contribution is 2.41. The van der Waals surface area contributed by atoms with Crippen LogP contribution >= 0.6 is 0 Å². The summed E-state index contributed by atoms with van der Waals surface area (Å²) in [5.74, 6) is 6.47. The van der Waals surface area contributed by atoms with E-state index in [-0.39, 0.29) is 23.1 Å². The van der Waals surface area contributed by atoms with E-state index in [1.807, 2.05) is 6.92 Å². The van der Waals surface area contributed by atoms with E-state index in [0.717, 1.165) is 25.9 Å². The molecule has 29 heavy (non-hydrogen) atoms. The SMILES string of the molecule is C[C@@H]1OCC2(CCN(c3nc4n[nH]c(C#CC(C)(C)N)c4c(=O)n3C)CC2)[C@@H]1N. The number of hydrogen-bond donors (Lipinski definition) is 3. The van der Waals surface area contributed by atoms with Crippen molar-refractivity contribution in [2.45, 2.75) is 51.3 Å². The van der Waals surface area contributed by atoms with E-state index in [1.165, 1.54) is 0 Å². The van der Waals surface area contributed by atoms with Gasteiger partial charge in [0.2, 0.25) is 5.95 Å². The zero-order chi connectivity index (χ0) is 21.0. The maximum Gasteiger partial charge on any atom is 0.267 e. The Morgan fingerprint density at radius 2 is 2.03 bits per heavy atom. The lowest BCUT2D eigenvalue weighted by atomic mass is 9.73. The molecule has 0 unspecified atom stereocenters. The molecule has 2 aliphatic heterocycles. The van der Waals surface area contributed by atoms with Crippen LogP contribution < -0.4 is 21.9 Å². The van der Waals surface area contributed by atoms with E-state index in [0.29, 0.717) is 29.3 Å². The molecule has 2 aromatic rings. The van der Waals surface area contributed by atoms with Gasteiger partial charge < -0.3 is 21.1 Å². The molecule has 2 atom stereocenters. The van der Waals surface area contributed by atoms with Crippen molar-refractivity contribution in [1.29, 1.82) is 0 Å². The molecule has 5 N–H and O–H groups in total. The lowest BCUT2D eigenvalue weighted by molar-refractivity contribution is 0.0973. The van der Waals surface area contributed by atoms with Crippen LogP contribution in [0.1, 0.15) is 39.3 Å². The van der Waals surface area contributed by atoms with E-state index < -0.39 is 5.54 Å². The Morgan fingerprint density at radius 3 is 2.62 bits per heavy atom. The van der Waals surface area contributed by atoms with Crippen molar-refractivity contribution in [3.8, 4) is 11.8 Å². The Balaban J connectivity index is 1.64. The highest BCUT2D eigenvalue weighted by molar-refractivity contribution is 5.81. The Kier molecular flexibility index (Phi) is 4.69. The van der Waals surface area contributed by atoms with Crippen molar-refractivity contribution in [2.24, 2.45) is 23.9 Å². The van der Waals surface area contributed by atoms with Gasteiger partial charge >= 0.3 is 0 Å². The number of piperidine rings is 1. The molecule has 0 amide bonds. The summed E-state index contributed by atoms with van der Waals surface area (Å²) in [6.07, 6.45) is 1.91. The van der Waals surface area contributed by atoms with Crippen LogP contribution in [0.25, 0.3) is 11.0 Å². The molecule has 9 nitrogen and oxygen atoms in total. The second-order valence-corrected chi connectivity index (χ2v) is 8.94. The lowest BCUT2D eigenvalue weighted by Gasteiger charge is -2.41. The smallest absolute Gasteiger partial charge is 0.267 e. The molecule has 2 saturated heterocycles. The predicted molar refractivity (Wildman–Crippen MR) is 112 cm³/mol. The van der Waals surface area contributed by atoms with Crippen LogP contribution in [-0.2, 0) is 11.8 Å². The third kappa shape index (κ3) is 3.41. The molecule has 4 rings (SSSR count). The Bertz CT molecular complexity index is 1040. The molecular weight excluding hydrogens is 370 g/mol. The molecular formula is C20H29N7O2. The number of aromatic nitrogens is 4. The van der Waals surface area contributed by atoms with E-state index in [2.05, 4.69) is 31.9 Å². The molecule has 156 valence electrons. The van der Waals surface area contributed by atoms with Gasteiger partial charge in [0.05, 0.1) is 18.2 Å². The molecule has 2 aromatic heterocycles. The zero-order valence-electron chi connectivity index (χ0n) is 17.5. The second-order valence-electron chi connectivity index (χ2n) is 8.94. The van der Waals surface area contributed by atoms with Gasteiger partial charge in [-0.1, -0.05) is 5.92 Å². The number of aromatic amines is 1. The zero-order valence-corrected chi connectivity index (χ0v) is 17.5. The van der Waals surface area contributed by atoms with Gasteiger partial charge in [-0.3, -0.25) is 14.5 Å². The van der Waals surface area contributed by atoms with Crippen LogP contribution in [0.4, 0.5) is 5.95 Å². The highest BCUT2D eigenvalue weighted by atomic mass is 16.5. The van der Waals surface area contributed by atoms with Crippen LogP contribution in [0.5, 0.6) is 0 Å². The number of nitrogens with zero attached hydrogens (tertiary/aromatic N) is 4. The maximum atomic E-state index is 13.0.